The lowest BCUT2D eigenvalue weighted by Crippen LogP contribution is -2.41. The molecular formula is C18H12F10N2O2S. The molecule has 0 aliphatic rings. The van der Waals surface area contributed by atoms with Crippen molar-refractivity contribution in [1.82, 2.24) is 5.32 Å². The molecular weight excluding hydrogens is 498 g/mol. The van der Waals surface area contributed by atoms with Crippen molar-refractivity contribution in [2.45, 2.75) is 21.9 Å². The zero-order valence-electron chi connectivity index (χ0n) is 16.1. The van der Waals surface area contributed by atoms with E-state index in [1.807, 2.05) is 0 Å². The Morgan fingerprint density at radius 3 is 1.85 bits per heavy atom. The number of urea groups is 1. The summed E-state index contributed by atoms with van der Waals surface area (Å²) in [5.74, 6) is -15.2. The van der Waals surface area contributed by atoms with Gasteiger partial charge in [0.05, 0.1) is 5.69 Å². The Morgan fingerprint density at radius 1 is 0.909 bits per heavy atom. The van der Waals surface area contributed by atoms with Crippen LogP contribution in [0.3, 0.4) is 0 Å². The fraction of sp³-hybridized carbons (Fsp3) is 0.222. The lowest BCUT2D eigenvalue weighted by Gasteiger charge is -2.39. The number of hydrogen-bond acceptors (Lipinski definition) is 2. The second kappa shape index (κ2) is 9.49. The molecule has 2 aromatic carbocycles. The van der Waals surface area contributed by atoms with Crippen molar-refractivity contribution in [2.24, 2.45) is 0 Å². The number of anilines is 1. The van der Waals surface area contributed by atoms with E-state index in [-0.39, 0.29) is 17.0 Å². The van der Waals surface area contributed by atoms with Crippen LogP contribution >= 0.6 is 10.0 Å². The van der Waals surface area contributed by atoms with Crippen LogP contribution in [0, 0.1) is 17.5 Å². The minimum atomic E-state index is -6.14. The maximum Gasteiger partial charge on any atom is 0.439 e. The molecule has 0 heterocycles. The third-order valence-corrected chi connectivity index (χ3v) is 7.25. The summed E-state index contributed by atoms with van der Waals surface area (Å²) in [4.78, 5) is 22.6. The second-order valence-corrected chi connectivity index (χ2v) is 9.27. The van der Waals surface area contributed by atoms with E-state index >= 15 is 0 Å². The normalized spacial score (nSPS) is 12.8. The molecule has 0 bridgehead atoms. The lowest BCUT2D eigenvalue weighted by atomic mass is 10.2. The molecule has 0 aliphatic heterocycles. The molecule has 2 aromatic rings. The first-order valence-corrected chi connectivity index (χ1v) is 10.2. The Labute approximate surface area is 180 Å². The number of halogens is 10. The summed E-state index contributed by atoms with van der Waals surface area (Å²) in [5.41, 5.74) is -8.16. The molecule has 0 saturated carbocycles. The van der Waals surface area contributed by atoms with Gasteiger partial charge in [0.1, 0.15) is 23.0 Å². The molecule has 0 aromatic heterocycles. The van der Waals surface area contributed by atoms with Crippen LogP contribution in [0.4, 0.5) is 54.4 Å². The monoisotopic (exact) mass is 510 g/mol. The number of amides is 3. The van der Waals surface area contributed by atoms with Gasteiger partial charge in [0.25, 0.3) is 17.4 Å². The van der Waals surface area contributed by atoms with Crippen LogP contribution in [0.25, 0.3) is 0 Å². The van der Waals surface area contributed by atoms with Gasteiger partial charge >= 0.3 is 11.5 Å². The predicted octanol–water partition coefficient (Wildman–Crippen LogP) is 6.22. The summed E-state index contributed by atoms with van der Waals surface area (Å²) in [6, 6.07) is 1.09. The van der Waals surface area contributed by atoms with Gasteiger partial charge in [-0.25, -0.2) is 18.0 Å². The molecule has 0 fully saturated rings. The van der Waals surface area contributed by atoms with Crippen molar-refractivity contribution >= 4 is 27.7 Å². The fourth-order valence-electron chi connectivity index (χ4n) is 2.66. The van der Waals surface area contributed by atoms with E-state index in [1.165, 1.54) is 5.32 Å². The Bertz CT molecular complexity index is 1030. The number of alkyl halides is 7. The number of carbonyl (C=O) groups is 2. The molecule has 0 saturated heterocycles. The zero-order valence-corrected chi connectivity index (χ0v) is 16.9. The minimum Gasteiger partial charge on any atom is -0.294 e. The maximum absolute atomic E-state index is 14.4. The van der Waals surface area contributed by atoms with Gasteiger partial charge in [-0.15, -0.1) is 0 Å². The van der Waals surface area contributed by atoms with Gasteiger partial charge in [-0.3, -0.25) is 15.0 Å². The molecule has 0 spiro atoms. The number of hydrogen-bond donors (Lipinski definition) is 1. The molecule has 1 N–H and O–H groups in total. The van der Waals surface area contributed by atoms with Crippen LogP contribution in [0.2, 0.25) is 0 Å². The first-order valence-electron chi connectivity index (χ1n) is 8.42. The molecule has 15 heteroatoms. The topological polar surface area (TPSA) is 49.4 Å². The molecule has 33 heavy (non-hydrogen) atoms. The van der Waals surface area contributed by atoms with E-state index in [0.29, 0.717) is 18.2 Å². The highest BCUT2D eigenvalue weighted by atomic mass is 32.3. The van der Waals surface area contributed by atoms with E-state index in [1.54, 1.807) is 0 Å². The highest BCUT2D eigenvalue weighted by Crippen LogP contribution is 2.74. The van der Waals surface area contributed by atoms with Gasteiger partial charge in [0, 0.05) is 22.0 Å². The lowest BCUT2D eigenvalue weighted by molar-refractivity contribution is -0.0476. The number of nitrogens with zero attached hydrogens (tertiary/aromatic N) is 1. The van der Waals surface area contributed by atoms with Gasteiger partial charge in [0.15, 0.2) is 0 Å². The van der Waals surface area contributed by atoms with E-state index < -0.39 is 72.6 Å². The van der Waals surface area contributed by atoms with Crippen molar-refractivity contribution < 1.29 is 53.5 Å². The highest BCUT2D eigenvalue weighted by molar-refractivity contribution is 8.34. The Morgan fingerprint density at radius 2 is 1.42 bits per heavy atom. The van der Waals surface area contributed by atoms with Crippen LogP contribution < -0.4 is 10.2 Å². The number of rotatable bonds is 5. The van der Waals surface area contributed by atoms with Gasteiger partial charge in [-0.1, -0.05) is 6.07 Å². The molecule has 0 atom stereocenters. The molecule has 0 radical (unpaired) electrons. The summed E-state index contributed by atoms with van der Waals surface area (Å²) in [6.07, 6.45) is 0. The van der Waals surface area contributed by atoms with E-state index in [4.69, 9.17) is 0 Å². The first kappa shape index (κ1) is 26.3. The van der Waals surface area contributed by atoms with Gasteiger partial charge < -0.3 is 0 Å². The molecule has 182 valence electrons. The summed E-state index contributed by atoms with van der Waals surface area (Å²) in [6.45, 7) is 0. The molecule has 2 rings (SSSR count). The number of nitrogens with one attached hydrogen (secondary N) is 1. The van der Waals surface area contributed by atoms with E-state index in [9.17, 15) is 53.5 Å². The second-order valence-electron chi connectivity index (χ2n) is 6.20. The standard InChI is InChI=1S/C18H12F10N2O2S/c1-30(17(32)29-14(31)13-9(19)3-2-4-10(13)20)12-6-5-8(7-11(12)21)33(15(22)23,16(24)25)18(26,27)28/h2-7,15-16H,1H3,(H,29,31,32). The quantitative estimate of drug-likeness (QED) is 0.486. The maximum atomic E-state index is 14.4. The van der Waals surface area contributed by atoms with Crippen molar-refractivity contribution in [3.05, 3.63) is 59.4 Å². The van der Waals surface area contributed by atoms with Crippen molar-refractivity contribution in [3.8, 4) is 0 Å². The number of benzene rings is 2. The highest BCUT2D eigenvalue weighted by Gasteiger charge is 2.63. The number of carbonyl (C=O) groups excluding carboxylic acids is 2. The zero-order chi connectivity index (χ0) is 25.3. The van der Waals surface area contributed by atoms with Crippen molar-refractivity contribution in [2.75, 3.05) is 11.9 Å². The van der Waals surface area contributed by atoms with Gasteiger partial charge in [-0.2, -0.15) is 30.7 Å². The van der Waals surface area contributed by atoms with Gasteiger partial charge in [0.2, 0.25) is 0 Å². The fourth-order valence-corrected chi connectivity index (χ4v) is 4.49. The smallest absolute Gasteiger partial charge is 0.294 e. The van der Waals surface area contributed by atoms with Crippen molar-refractivity contribution in [1.29, 1.82) is 0 Å². The molecule has 0 aliphatic carbocycles. The third kappa shape index (κ3) is 4.72. The largest absolute Gasteiger partial charge is 0.439 e. The molecule has 0 unspecified atom stereocenters. The average molecular weight is 510 g/mol. The summed E-state index contributed by atoms with van der Waals surface area (Å²) in [7, 11) is -5.37. The summed E-state index contributed by atoms with van der Waals surface area (Å²) < 4.78 is 134. The minimum absolute atomic E-state index is 0.154. The Hall–Kier alpha value is -2.97. The summed E-state index contributed by atoms with van der Waals surface area (Å²) in [5, 5.41) is 1.50. The molecule has 3 amide bonds. The number of imide groups is 1. The van der Waals surface area contributed by atoms with Crippen LogP contribution in [0.15, 0.2) is 41.3 Å². The van der Waals surface area contributed by atoms with Crippen LogP contribution in [-0.4, -0.2) is 36.0 Å². The third-order valence-electron chi connectivity index (χ3n) is 4.33. The van der Waals surface area contributed by atoms with Crippen LogP contribution in [0.1, 0.15) is 10.4 Å². The average Bonchev–Trinajstić information content (AvgIpc) is 2.66. The van der Waals surface area contributed by atoms with E-state index in [2.05, 4.69) is 0 Å². The SMILES string of the molecule is CN(C(=O)NC(=O)c1c(F)cccc1F)c1ccc(S(C(F)F)(C(F)F)C(F)(F)F)cc1F. The summed E-state index contributed by atoms with van der Waals surface area (Å²) >= 11 is 0. The van der Waals surface area contributed by atoms with Crippen molar-refractivity contribution in [3.63, 3.8) is 0 Å². The Balaban J connectivity index is 2.39. The van der Waals surface area contributed by atoms with Crippen LogP contribution in [-0.2, 0) is 0 Å². The first-order chi connectivity index (χ1) is 15.2. The Kier molecular flexibility index (Phi) is 7.56. The molecule has 4 nitrogen and oxygen atoms in total. The van der Waals surface area contributed by atoms with Crippen LogP contribution in [0.5, 0.6) is 0 Å². The van der Waals surface area contributed by atoms with Gasteiger partial charge in [-0.05, 0) is 30.3 Å². The predicted molar refractivity (Wildman–Crippen MR) is 97.9 cm³/mol. The van der Waals surface area contributed by atoms with E-state index in [0.717, 1.165) is 13.1 Å².